The summed E-state index contributed by atoms with van der Waals surface area (Å²) in [7, 11) is 1.75. The zero-order chi connectivity index (χ0) is 12.3. The second kappa shape index (κ2) is 5.06. The van der Waals surface area contributed by atoms with Gasteiger partial charge in [0.15, 0.2) is 5.78 Å². The third-order valence-corrected chi connectivity index (χ3v) is 3.28. The van der Waals surface area contributed by atoms with E-state index in [1.54, 1.807) is 19.2 Å². The molecule has 0 atom stereocenters. The molecule has 0 saturated heterocycles. The maximum atomic E-state index is 13.0. The highest BCUT2D eigenvalue weighted by molar-refractivity contribution is 9.10. The molecule has 1 aromatic rings. The molecule has 88 valence electrons. The van der Waals surface area contributed by atoms with Crippen LogP contribution in [0.2, 0.25) is 0 Å². The Bertz CT molecular complexity index is 404. The van der Waals surface area contributed by atoms with Gasteiger partial charge in [0.2, 0.25) is 0 Å². The molecule has 0 aromatic heterocycles. The van der Waals surface area contributed by atoms with Crippen LogP contribution in [0.3, 0.4) is 0 Å². The van der Waals surface area contributed by atoms with Crippen LogP contribution >= 0.6 is 15.9 Å². The van der Waals surface area contributed by atoms with E-state index in [1.807, 2.05) is 13.8 Å². The Kier molecular flexibility index (Phi) is 4.21. The van der Waals surface area contributed by atoms with Crippen LogP contribution in [-0.2, 0) is 11.2 Å². The van der Waals surface area contributed by atoms with Crippen LogP contribution in [0.1, 0.15) is 19.4 Å². The minimum Gasteiger partial charge on any atom is -0.308 e. The largest absolute Gasteiger partial charge is 0.308 e. The first-order valence-electron chi connectivity index (χ1n) is 5.03. The fourth-order valence-electron chi connectivity index (χ4n) is 1.20. The van der Waals surface area contributed by atoms with Gasteiger partial charge in [-0.1, -0.05) is 6.07 Å². The normalized spacial score (nSPS) is 11.6. The summed E-state index contributed by atoms with van der Waals surface area (Å²) >= 11 is 3.10. The highest BCUT2D eigenvalue weighted by Crippen LogP contribution is 2.18. The first-order valence-corrected chi connectivity index (χ1v) is 5.82. The number of carbonyl (C=O) groups is 1. The first-order chi connectivity index (χ1) is 7.36. The van der Waals surface area contributed by atoms with Gasteiger partial charge in [0, 0.05) is 6.42 Å². The molecule has 4 heteroatoms. The second-order valence-corrected chi connectivity index (χ2v) is 5.08. The molecule has 16 heavy (non-hydrogen) atoms. The molecule has 1 aromatic carbocycles. The Hall–Kier alpha value is -0.740. The molecule has 0 aliphatic heterocycles. The molecule has 1 N–H and O–H groups in total. The topological polar surface area (TPSA) is 29.1 Å². The van der Waals surface area contributed by atoms with Crippen molar-refractivity contribution < 1.29 is 9.18 Å². The van der Waals surface area contributed by atoms with Crippen LogP contribution in [0.5, 0.6) is 0 Å². The summed E-state index contributed by atoms with van der Waals surface area (Å²) in [5.41, 5.74) is 0.252. The van der Waals surface area contributed by atoms with Crippen molar-refractivity contribution in [1.29, 1.82) is 0 Å². The second-order valence-electron chi connectivity index (χ2n) is 4.22. The lowest BCUT2D eigenvalue weighted by Gasteiger charge is -2.22. The quantitative estimate of drug-likeness (QED) is 0.923. The number of rotatable bonds is 4. The van der Waals surface area contributed by atoms with Gasteiger partial charge in [-0.25, -0.2) is 4.39 Å². The highest BCUT2D eigenvalue weighted by Gasteiger charge is 2.24. The molecule has 0 bridgehead atoms. The van der Waals surface area contributed by atoms with Crippen molar-refractivity contribution >= 4 is 21.7 Å². The number of nitrogens with one attached hydrogen (secondary N) is 1. The van der Waals surface area contributed by atoms with Gasteiger partial charge >= 0.3 is 0 Å². The molecule has 2 nitrogen and oxygen atoms in total. The van der Waals surface area contributed by atoms with Gasteiger partial charge in [-0.05, 0) is 54.5 Å². The summed E-state index contributed by atoms with van der Waals surface area (Å²) in [6.07, 6.45) is 0.298. The molecule has 0 aliphatic carbocycles. The van der Waals surface area contributed by atoms with Crippen LogP contribution < -0.4 is 5.32 Å². The maximum absolute atomic E-state index is 13.0. The van der Waals surface area contributed by atoms with Crippen LogP contribution in [0.25, 0.3) is 0 Å². The van der Waals surface area contributed by atoms with Gasteiger partial charge < -0.3 is 5.32 Å². The van der Waals surface area contributed by atoms with Crippen molar-refractivity contribution in [2.75, 3.05) is 7.05 Å². The Morgan fingerprint density at radius 2 is 2.12 bits per heavy atom. The van der Waals surface area contributed by atoms with Crippen LogP contribution in [0.15, 0.2) is 22.7 Å². The van der Waals surface area contributed by atoms with Crippen molar-refractivity contribution in [3.63, 3.8) is 0 Å². The molecule has 0 amide bonds. The number of likely N-dealkylation sites (N-methyl/N-ethyl adjacent to an activating group) is 1. The number of hydrogen-bond donors (Lipinski definition) is 1. The standard InChI is InChI=1S/C12H15BrFNO/c1-12(2,15-3)11(16)7-8-4-5-10(14)9(13)6-8/h4-6,15H,7H2,1-3H3. The summed E-state index contributed by atoms with van der Waals surface area (Å²) < 4.78 is 13.4. The van der Waals surface area contributed by atoms with E-state index < -0.39 is 5.54 Å². The Morgan fingerprint density at radius 1 is 1.50 bits per heavy atom. The lowest BCUT2D eigenvalue weighted by Crippen LogP contribution is -2.45. The van der Waals surface area contributed by atoms with E-state index in [2.05, 4.69) is 21.2 Å². The lowest BCUT2D eigenvalue weighted by molar-refractivity contribution is -0.123. The summed E-state index contributed by atoms with van der Waals surface area (Å²) in [5, 5.41) is 2.95. The number of halogens is 2. The van der Waals surface area contributed by atoms with Crippen molar-refractivity contribution in [2.45, 2.75) is 25.8 Å². The monoisotopic (exact) mass is 287 g/mol. The Balaban J connectivity index is 2.82. The van der Waals surface area contributed by atoms with E-state index in [0.29, 0.717) is 10.9 Å². The predicted octanol–water partition coefficient (Wildman–Crippen LogP) is 2.70. The van der Waals surface area contributed by atoms with Gasteiger partial charge in [-0.2, -0.15) is 0 Å². The molecular weight excluding hydrogens is 273 g/mol. The van der Waals surface area contributed by atoms with E-state index in [4.69, 9.17) is 0 Å². The smallest absolute Gasteiger partial charge is 0.156 e. The third-order valence-electron chi connectivity index (χ3n) is 2.67. The van der Waals surface area contributed by atoms with E-state index in [9.17, 15) is 9.18 Å². The number of hydrogen-bond acceptors (Lipinski definition) is 2. The van der Waals surface area contributed by atoms with Gasteiger partial charge in [0.25, 0.3) is 0 Å². The molecule has 0 radical (unpaired) electrons. The maximum Gasteiger partial charge on any atom is 0.156 e. The predicted molar refractivity (Wildman–Crippen MR) is 65.9 cm³/mol. The van der Waals surface area contributed by atoms with E-state index >= 15 is 0 Å². The Morgan fingerprint density at radius 3 is 2.62 bits per heavy atom. The van der Waals surface area contributed by atoms with Crippen molar-refractivity contribution in [3.8, 4) is 0 Å². The molecule has 0 heterocycles. The van der Waals surface area contributed by atoms with Crippen LogP contribution in [0, 0.1) is 5.82 Å². The minimum atomic E-state index is -0.555. The molecule has 0 fully saturated rings. The van der Waals surface area contributed by atoms with Gasteiger partial charge in [0.05, 0.1) is 10.0 Å². The van der Waals surface area contributed by atoms with E-state index in [-0.39, 0.29) is 11.6 Å². The lowest BCUT2D eigenvalue weighted by atomic mass is 9.94. The molecule has 0 aliphatic rings. The number of Topliss-reactive ketones (excluding diaryl/α,β-unsaturated/α-hetero) is 1. The SMILES string of the molecule is CNC(C)(C)C(=O)Cc1ccc(F)c(Br)c1. The summed E-state index contributed by atoms with van der Waals surface area (Å²) in [6, 6.07) is 4.63. The van der Waals surface area contributed by atoms with Gasteiger partial charge in [-0.15, -0.1) is 0 Å². The van der Waals surface area contributed by atoms with Gasteiger partial charge in [-0.3, -0.25) is 4.79 Å². The Labute approximate surface area is 103 Å². The third kappa shape index (κ3) is 3.12. The fraction of sp³-hybridized carbons (Fsp3) is 0.417. The molecule has 0 spiro atoms. The van der Waals surface area contributed by atoms with Gasteiger partial charge in [0.1, 0.15) is 5.82 Å². The highest BCUT2D eigenvalue weighted by atomic mass is 79.9. The fourth-order valence-corrected chi connectivity index (χ4v) is 1.62. The number of benzene rings is 1. The van der Waals surface area contributed by atoms with Crippen LogP contribution in [-0.4, -0.2) is 18.4 Å². The van der Waals surface area contributed by atoms with Crippen molar-refractivity contribution in [2.24, 2.45) is 0 Å². The molecule has 0 unspecified atom stereocenters. The van der Waals surface area contributed by atoms with E-state index in [0.717, 1.165) is 5.56 Å². The van der Waals surface area contributed by atoms with E-state index in [1.165, 1.54) is 6.07 Å². The summed E-state index contributed by atoms with van der Waals surface area (Å²) in [4.78, 5) is 11.9. The molecular formula is C12H15BrFNO. The summed E-state index contributed by atoms with van der Waals surface area (Å²) in [5.74, 6) is -0.238. The average Bonchev–Trinajstić information content (AvgIpc) is 2.23. The molecule has 1 rings (SSSR count). The minimum absolute atomic E-state index is 0.0773. The van der Waals surface area contributed by atoms with Crippen molar-refractivity contribution in [3.05, 3.63) is 34.1 Å². The zero-order valence-corrected chi connectivity index (χ0v) is 11.2. The molecule has 0 saturated carbocycles. The first kappa shape index (κ1) is 13.3. The summed E-state index contributed by atoms with van der Waals surface area (Å²) in [6.45, 7) is 3.65. The zero-order valence-electron chi connectivity index (χ0n) is 9.60. The van der Waals surface area contributed by atoms with Crippen LogP contribution in [0.4, 0.5) is 4.39 Å². The number of ketones is 1. The van der Waals surface area contributed by atoms with Crippen molar-refractivity contribution in [1.82, 2.24) is 5.32 Å². The average molecular weight is 288 g/mol. The number of carbonyl (C=O) groups excluding carboxylic acids is 1.